The first-order valence-corrected chi connectivity index (χ1v) is 11.9. The molecule has 1 saturated heterocycles. The van der Waals surface area contributed by atoms with Crippen molar-refractivity contribution in [1.29, 1.82) is 0 Å². The third-order valence-electron chi connectivity index (χ3n) is 5.02. The standard InChI is InChI=1S/C20H19Cl2N3O5S/c21-16-5-4-12(9-17(16)22)18-14(10-23-6-7-29-18)11-31(27,28)15-3-1-2-13(8-15)19-24-20(26)30-25-19/h1-5,8-9,14,18,23H,6-7,10-11H2,(H,24,25,26). The van der Waals surface area contributed by atoms with Crippen molar-refractivity contribution in [3.63, 3.8) is 0 Å². The van der Waals surface area contributed by atoms with Crippen LogP contribution in [0.2, 0.25) is 10.0 Å². The molecule has 2 heterocycles. The molecule has 31 heavy (non-hydrogen) atoms. The molecule has 3 aromatic rings. The molecule has 2 aromatic carbocycles. The van der Waals surface area contributed by atoms with E-state index in [9.17, 15) is 13.2 Å². The summed E-state index contributed by atoms with van der Waals surface area (Å²) in [7, 11) is -3.69. The maximum absolute atomic E-state index is 13.3. The topological polar surface area (TPSA) is 114 Å². The summed E-state index contributed by atoms with van der Waals surface area (Å²) >= 11 is 12.2. The first kappa shape index (κ1) is 22.0. The van der Waals surface area contributed by atoms with E-state index in [-0.39, 0.29) is 22.4 Å². The van der Waals surface area contributed by atoms with Gasteiger partial charge in [0.2, 0.25) is 0 Å². The number of hydrogen-bond donors (Lipinski definition) is 2. The fourth-order valence-electron chi connectivity index (χ4n) is 3.56. The van der Waals surface area contributed by atoms with E-state index in [1.54, 1.807) is 30.3 Å². The summed E-state index contributed by atoms with van der Waals surface area (Å²) in [4.78, 5) is 13.7. The Morgan fingerprint density at radius 1 is 1.13 bits per heavy atom. The number of benzene rings is 2. The van der Waals surface area contributed by atoms with Crippen LogP contribution < -0.4 is 11.1 Å². The molecular formula is C20H19Cl2N3O5S. The smallest absolute Gasteiger partial charge is 0.372 e. The average molecular weight is 484 g/mol. The van der Waals surface area contributed by atoms with Crippen LogP contribution in [0.25, 0.3) is 11.4 Å². The molecule has 4 rings (SSSR count). The maximum Gasteiger partial charge on any atom is 0.439 e. The van der Waals surface area contributed by atoms with Crippen molar-refractivity contribution < 1.29 is 17.7 Å². The minimum absolute atomic E-state index is 0.117. The molecule has 2 unspecified atom stereocenters. The zero-order chi connectivity index (χ0) is 22.0. The SMILES string of the molecule is O=c1[nH]c(-c2cccc(S(=O)(=O)CC3CNCCOC3c3ccc(Cl)c(Cl)c3)c2)no1. The Morgan fingerprint density at radius 2 is 1.97 bits per heavy atom. The van der Waals surface area contributed by atoms with Crippen molar-refractivity contribution in [3.8, 4) is 11.4 Å². The number of hydrogen-bond acceptors (Lipinski definition) is 7. The highest BCUT2D eigenvalue weighted by molar-refractivity contribution is 7.91. The van der Waals surface area contributed by atoms with Crippen molar-refractivity contribution in [1.82, 2.24) is 15.5 Å². The third-order valence-corrected chi connectivity index (χ3v) is 7.60. The zero-order valence-electron chi connectivity index (χ0n) is 16.2. The van der Waals surface area contributed by atoms with E-state index < -0.39 is 21.7 Å². The van der Waals surface area contributed by atoms with Gasteiger partial charge >= 0.3 is 5.76 Å². The molecule has 2 N–H and O–H groups in total. The number of halogens is 2. The first-order valence-electron chi connectivity index (χ1n) is 9.50. The maximum atomic E-state index is 13.3. The van der Waals surface area contributed by atoms with Crippen molar-refractivity contribution in [3.05, 3.63) is 68.6 Å². The summed E-state index contributed by atoms with van der Waals surface area (Å²) in [5.74, 6) is -1.06. The highest BCUT2D eigenvalue weighted by atomic mass is 35.5. The van der Waals surface area contributed by atoms with Crippen LogP contribution in [0.1, 0.15) is 11.7 Å². The van der Waals surface area contributed by atoms with Gasteiger partial charge in [0.25, 0.3) is 0 Å². The van der Waals surface area contributed by atoms with Gasteiger partial charge in [-0.25, -0.2) is 13.2 Å². The summed E-state index contributed by atoms with van der Waals surface area (Å²) in [5, 5.41) is 7.65. The van der Waals surface area contributed by atoms with E-state index in [1.807, 2.05) is 0 Å². The Labute approximate surface area is 188 Å². The normalized spacial score (nSPS) is 19.8. The summed E-state index contributed by atoms with van der Waals surface area (Å²) in [6.07, 6.45) is -0.463. The van der Waals surface area contributed by atoms with Gasteiger partial charge in [-0.2, -0.15) is 0 Å². The summed E-state index contributed by atoms with van der Waals surface area (Å²) in [5.41, 5.74) is 1.20. The monoisotopic (exact) mass is 483 g/mol. The van der Waals surface area contributed by atoms with Crippen LogP contribution in [0.15, 0.2) is 56.7 Å². The molecule has 1 aliphatic rings. The van der Waals surface area contributed by atoms with Gasteiger partial charge in [0.1, 0.15) is 0 Å². The van der Waals surface area contributed by atoms with E-state index in [1.165, 1.54) is 12.1 Å². The Bertz CT molecular complexity index is 1240. The lowest BCUT2D eigenvalue weighted by molar-refractivity contribution is 0.0369. The number of H-pyrrole nitrogens is 1. The summed E-state index contributed by atoms with van der Waals surface area (Å²) in [6, 6.07) is 11.4. The van der Waals surface area contributed by atoms with Crippen LogP contribution in [-0.4, -0.2) is 44.0 Å². The van der Waals surface area contributed by atoms with Gasteiger partial charge < -0.3 is 10.1 Å². The molecule has 1 fully saturated rings. The average Bonchev–Trinajstić information content (AvgIpc) is 3.06. The van der Waals surface area contributed by atoms with Gasteiger partial charge in [-0.3, -0.25) is 9.51 Å². The van der Waals surface area contributed by atoms with Crippen LogP contribution in [-0.2, 0) is 14.6 Å². The van der Waals surface area contributed by atoms with Gasteiger partial charge in [-0.15, -0.1) is 0 Å². The van der Waals surface area contributed by atoms with Crippen LogP contribution >= 0.6 is 23.2 Å². The fraction of sp³-hybridized carbons (Fsp3) is 0.300. The Morgan fingerprint density at radius 3 is 2.71 bits per heavy atom. The quantitative estimate of drug-likeness (QED) is 0.572. The lowest BCUT2D eigenvalue weighted by Crippen LogP contribution is -2.30. The van der Waals surface area contributed by atoms with Crippen LogP contribution in [0.4, 0.5) is 0 Å². The van der Waals surface area contributed by atoms with E-state index >= 15 is 0 Å². The molecule has 0 aliphatic carbocycles. The van der Waals surface area contributed by atoms with E-state index in [4.69, 9.17) is 27.9 Å². The van der Waals surface area contributed by atoms with E-state index in [0.717, 1.165) is 5.56 Å². The molecule has 0 spiro atoms. The Kier molecular flexibility index (Phi) is 6.49. The third kappa shape index (κ3) is 5.02. The molecule has 11 heteroatoms. The Hall–Kier alpha value is -2.17. The second-order valence-electron chi connectivity index (χ2n) is 7.18. The molecule has 1 aliphatic heterocycles. The molecule has 0 amide bonds. The van der Waals surface area contributed by atoms with Crippen molar-refractivity contribution in [2.45, 2.75) is 11.0 Å². The first-order chi connectivity index (χ1) is 14.8. The van der Waals surface area contributed by atoms with Gasteiger partial charge in [0.05, 0.1) is 33.4 Å². The molecular weight excluding hydrogens is 465 g/mol. The number of aromatic nitrogens is 2. The number of aromatic amines is 1. The van der Waals surface area contributed by atoms with Gasteiger partial charge in [-0.1, -0.05) is 46.6 Å². The number of sulfone groups is 1. The van der Waals surface area contributed by atoms with Gasteiger partial charge in [0.15, 0.2) is 15.7 Å². The zero-order valence-corrected chi connectivity index (χ0v) is 18.5. The van der Waals surface area contributed by atoms with Crippen LogP contribution in [0, 0.1) is 5.92 Å². The molecule has 164 valence electrons. The molecule has 2 atom stereocenters. The predicted octanol–water partition coefficient (Wildman–Crippen LogP) is 3.09. The van der Waals surface area contributed by atoms with Gasteiger partial charge in [-0.05, 0) is 29.8 Å². The van der Waals surface area contributed by atoms with Crippen molar-refractivity contribution in [2.24, 2.45) is 5.92 Å². The second-order valence-corrected chi connectivity index (χ2v) is 10.0. The minimum atomic E-state index is -3.69. The molecule has 1 aromatic heterocycles. The summed E-state index contributed by atoms with van der Waals surface area (Å²) in [6.45, 7) is 1.51. The van der Waals surface area contributed by atoms with Crippen LogP contribution in [0.3, 0.4) is 0 Å². The number of nitrogens with one attached hydrogen (secondary N) is 2. The lowest BCUT2D eigenvalue weighted by atomic mass is 9.97. The highest BCUT2D eigenvalue weighted by Crippen LogP contribution is 2.34. The molecule has 0 radical (unpaired) electrons. The van der Waals surface area contributed by atoms with Crippen molar-refractivity contribution in [2.75, 3.05) is 25.4 Å². The molecule has 8 nitrogen and oxygen atoms in total. The number of ether oxygens (including phenoxy) is 1. The Balaban J connectivity index is 1.63. The highest BCUT2D eigenvalue weighted by Gasteiger charge is 2.32. The van der Waals surface area contributed by atoms with E-state index in [0.29, 0.717) is 35.3 Å². The summed E-state index contributed by atoms with van der Waals surface area (Å²) < 4.78 is 37.0. The largest absolute Gasteiger partial charge is 0.439 e. The van der Waals surface area contributed by atoms with Crippen molar-refractivity contribution >= 4 is 33.0 Å². The molecule has 0 saturated carbocycles. The van der Waals surface area contributed by atoms with Crippen LogP contribution in [0.5, 0.6) is 0 Å². The van der Waals surface area contributed by atoms with Gasteiger partial charge in [0, 0.05) is 24.6 Å². The second kappa shape index (κ2) is 9.13. The molecule has 0 bridgehead atoms. The number of rotatable bonds is 5. The fourth-order valence-corrected chi connectivity index (χ4v) is 5.51. The number of nitrogens with zero attached hydrogens (tertiary/aromatic N) is 1. The van der Waals surface area contributed by atoms with E-state index in [2.05, 4.69) is 20.0 Å². The predicted molar refractivity (Wildman–Crippen MR) is 116 cm³/mol. The minimum Gasteiger partial charge on any atom is -0.372 e. The lowest BCUT2D eigenvalue weighted by Gasteiger charge is -2.25.